The number of ether oxygens (including phenoxy) is 2. The topological polar surface area (TPSA) is 172 Å². The lowest BCUT2D eigenvalue weighted by Gasteiger charge is -2.26. The lowest BCUT2D eigenvalue weighted by Crippen LogP contribution is -2.53. The number of pyridine rings is 2. The molecule has 1 aliphatic heterocycles. The van der Waals surface area contributed by atoms with E-state index in [-0.39, 0.29) is 44.0 Å². The molecule has 234 valence electrons. The first-order valence-electron chi connectivity index (χ1n) is 14.4. The Hall–Kier alpha value is -4.26. The van der Waals surface area contributed by atoms with Crippen LogP contribution in [0.3, 0.4) is 0 Å². The second-order valence-electron chi connectivity index (χ2n) is 11.4. The average Bonchev–Trinajstić information content (AvgIpc) is 3.34. The summed E-state index contributed by atoms with van der Waals surface area (Å²) in [5.41, 5.74) is 1.51. The van der Waals surface area contributed by atoms with Gasteiger partial charge >= 0.3 is 12.2 Å². The van der Waals surface area contributed by atoms with E-state index in [1.807, 2.05) is 27.7 Å². The molecule has 1 fully saturated rings. The van der Waals surface area contributed by atoms with Gasteiger partial charge in [0.1, 0.15) is 25.3 Å². The summed E-state index contributed by atoms with van der Waals surface area (Å²) in [5.74, 6) is -0.728. The molecule has 1 saturated heterocycles. The van der Waals surface area contributed by atoms with Crippen molar-refractivity contribution in [3.05, 3.63) is 60.2 Å². The van der Waals surface area contributed by atoms with Crippen molar-refractivity contribution in [2.45, 2.75) is 78.0 Å². The number of nitrogens with zero attached hydrogens (tertiary/aromatic N) is 3. The number of hydrogen-bond acceptors (Lipinski definition) is 9. The van der Waals surface area contributed by atoms with E-state index in [1.54, 1.807) is 49.1 Å². The summed E-state index contributed by atoms with van der Waals surface area (Å²) in [7, 11) is 0. The van der Waals surface area contributed by atoms with Crippen LogP contribution in [0.15, 0.2) is 49.1 Å². The number of carbonyl (C=O) groups is 4. The number of alkyl carbamates (subject to hydrolysis) is 2. The second-order valence-corrected chi connectivity index (χ2v) is 11.4. The molecule has 0 radical (unpaired) electrons. The van der Waals surface area contributed by atoms with E-state index in [0.717, 1.165) is 11.1 Å². The van der Waals surface area contributed by atoms with Crippen LogP contribution >= 0.6 is 0 Å². The number of nitrogens with one attached hydrogen (secondary N) is 3. The first kappa shape index (κ1) is 33.2. The maximum atomic E-state index is 13.4. The molecule has 3 heterocycles. The molecular weight excluding hydrogens is 556 g/mol. The van der Waals surface area contributed by atoms with Crippen LogP contribution < -0.4 is 16.0 Å². The van der Waals surface area contributed by atoms with Crippen molar-refractivity contribution in [1.82, 2.24) is 30.8 Å². The van der Waals surface area contributed by atoms with Crippen LogP contribution in [0.2, 0.25) is 0 Å². The number of hydrogen-bond donors (Lipinski definition) is 4. The van der Waals surface area contributed by atoms with Crippen molar-refractivity contribution < 1.29 is 33.8 Å². The van der Waals surface area contributed by atoms with Gasteiger partial charge in [0.15, 0.2) is 0 Å². The number of aliphatic hydroxyl groups excluding tert-OH is 1. The van der Waals surface area contributed by atoms with E-state index < -0.39 is 42.3 Å². The van der Waals surface area contributed by atoms with E-state index in [0.29, 0.717) is 12.8 Å². The lowest BCUT2D eigenvalue weighted by atomic mass is 10.0. The summed E-state index contributed by atoms with van der Waals surface area (Å²) in [6, 6.07) is 4.32. The first-order valence-corrected chi connectivity index (χ1v) is 14.4. The molecule has 0 saturated carbocycles. The Morgan fingerprint density at radius 2 is 1.28 bits per heavy atom. The monoisotopic (exact) mass is 598 g/mol. The maximum absolute atomic E-state index is 13.4. The van der Waals surface area contributed by atoms with Gasteiger partial charge in [-0.25, -0.2) is 9.59 Å². The van der Waals surface area contributed by atoms with Crippen LogP contribution in [-0.4, -0.2) is 81.3 Å². The molecule has 0 aliphatic carbocycles. The minimum Gasteiger partial charge on any atom is -0.445 e. The number of aromatic nitrogens is 2. The lowest BCUT2D eigenvalue weighted by molar-refractivity contribution is -0.133. The molecule has 13 nitrogen and oxygen atoms in total. The second kappa shape index (κ2) is 16.4. The minimum absolute atomic E-state index is 0.0195. The van der Waals surface area contributed by atoms with E-state index >= 15 is 0 Å². The highest BCUT2D eigenvalue weighted by Crippen LogP contribution is 2.16. The zero-order valence-corrected chi connectivity index (χ0v) is 25.1. The SMILES string of the molecule is CC(C)C[C@H](NC(=O)OCc1ccncc1)C(=O)NC1CN(C(=O)[C@H](CC(C)C)NC(=O)OCc2ccncc2)CC1O. The zero-order valence-electron chi connectivity index (χ0n) is 25.1. The molecule has 4 atom stereocenters. The van der Waals surface area contributed by atoms with Crippen molar-refractivity contribution >= 4 is 24.0 Å². The van der Waals surface area contributed by atoms with Gasteiger partial charge in [-0.05, 0) is 60.1 Å². The molecule has 0 spiro atoms. The normalized spacial score (nSPS) is 17.7. The molecule has 2 unspecified atom stereocenters. The molecule has 4 amide bonds. The molecule has 13 heteroatoms. The Kier molecular flexibility index (Phi) is 12.7. The smallest absolute Gasteiger partial charge is 0.408 e. The number of carbonyl (C=O) groups excluding carboxylic acids is 4. The summed E-state index contributed by atoms with van der Waals surface area (Å²) in [4.78, 5) is 60.8. The third-order valence-corrected chi connectivity index (χ3v) is 6.78. The van der Waals surface area contributed by atoms with E-state index in [2.05, 4.69) is 25.9 Å². The number of aliphatic hydroxyl groups is 1. The van der Waals surface area contributed by atoms with Gasteiger partial charge in [0.25, 0.3) is 0 Å². The van der Waals surface area contributed by atoms with Crippen LogP contribution in [0.1, 0.15) is 51.7 Å². The Morgan fingerprint density at radius 1 is 0.814 bits per heavy atom. The predicted molar refractivity (Wildman–Crippen MR) is 156 cm³/mol. The van der Waals surface area contributed by atoms with Crippen LogP contribution in [0.25, 0.3) is 0 Å². The molecule has 0 bridgehead atoms. The number of amides is 4. The summed E-state index contributed by atoms with van der Waals surface area (Å²) >= 11 is 0. The van der Waals surface area contributed by atoms with Gasteiger partial charge in [-0.2, -0.15) is 0 Å². The van der Waals surface area contributed by atoms with Gasteiger partial charge in [0.05, 0.1) is 12.1 Å². The molecule has 3 rings (SSSR count). The van der Waals surface area contributed by atoms with Gasteiger partial charge in [0.2, 0.25) is 11.8 Å². The predicted octanol–water partition coefficient (Wildman–Crippen LogP) is 2.15. The van der Waals surface area contributed by atoms with Crippen LogP contribution in [0, 0.1) is 11.8 Å². The molecule has 4 N–H and O–H groups in total. The summed E-state index contributed by atoms with van der Waals surface area (Å²) < 4.78 is 10.5. The Balaban J connectivity index is 1.56. The fourth-order valence-electron chi connectivity index (χ4n) is 4.63. The molecule has 2 aromatic heterocycles. The van der Waals surface area contributed by atoms with Crippen LogP contribution in [0.4, 0.5) is 9.59 Å². The van der Waals surface area contributed by atoms with Gasteiger partial charge in [-0.15, -0.1) is 0 Å². The third kappa shape index (κ3) is 11.2. The summed E-state index contributed by atoms with van der Waals surface area (Å²) in [5, 5.41) is 18.8. The minimum atomic E-state index is -1.04. The van der Waals surface area contributed by atoms with Crippen LogP contribution in [0.5, 0.6) is 0 Å². The summed E-state index contributed by atoms with van der Waals surface area (Å²) in [6.45, 7) is 7.74. The zero-order chi connectivity index (χ0) is 31.4. The summed E-state index contributed by atoms with van der Waals surface area (Å²) in [6.07, 6.45) is 4.52. The highest BCUT2D eigenvalue weighted by molar-refractivity contribution is 5.87. The van der Waals surface area contributed by atoms with Gasteiger partial charge in [-0.1, -0.05) is 27.7 Å². The number of rotatable bonds is 13. The average molecular weight is 599 g/mol. The van der Waals surface area contributed by atoms with Crippen molar-refractivity contribution in [1.29, 1.82) is 0 Å². The van der Waals surface area contributed by atoms with E-state index in [4.69, 9.17) is 9.47 Å². The van der Waals surface area contributed by atoms with Gasteiger partial charge < -0.3 is 35.4 Å². The fraction of sp³-hybridized carbons (Fsp3) is 0.533. The van der Waals surface area contributed by atoms with Gasteiger partial charge in [-0.3, -0.25) is 19.6 Å². The third-order valence-electron chi connectivity index (χ3n) is 6.78. The van der Waals surface area contributed by atoms with Gasteiger partial charge in [0, 0.05) is 37.9 Å². The Morgan fingerprint density at radius 3 is 1.77 bits per heavy atom. The standard InChI is InChI=1S/C30H42N6O7/c1-19(2)13-23(34-29(40)42-17-21-5-9-31-10-6-21)27(38)33-25-15-36(16-26(25)37)28(39)24(14-20(3)4)35-30(41)43-18-22-7-11-32-12-8-22/h5-12,19-20,23-26,37H,13-18H2,1-4H3,(H,33,38)(H,34,40)(H,35,41)/t23-,24-,25?,26?/m0/s1. The van der Waals surface area contributed by atoms with Crippen LogP contribution in [-0.2, 0) is 32.3 Å². The molecule has 2 aromatic rings. The van der Waals surface area contributed by atoms with Crippen molar-refractivity contribution in [3.8, 4) is 0 Å². The first-order chi connectivity index (χ1) is 20.5. The molecule has 1 aliphatic rings. The fourth-order valence-corrected chi connectivity index (χ4v) is 4.63. The van der Waals surface area contributed by atoms with E-state index in [1.165, 1.54) is 4.90 Å². The number of β-amino-alcohol motifs (C(OH)–C–C–N with tert-alkyl or cyclic N) is 1. The van der Waals surface area contributed by atoms with Crippen molar-refractivity contribution in [2.75, 3.05) is 13.1 Å². The highest BCUT2D eigenvalue weighted by atomic mass is 16.6. The highest BCUT2D eigenvalue weighted by Gasteiger charge is 2.39. The molecule has 0 aromatic carbocycles. The molecule has 43 heavy (non-hydrogen) atoms. The Bertz CT molecular complexity index is 1200. The quantitative estimate of drug-likeness (QED) is 0.270. The van der Waals surface area contributed by atoms with Crippen molar-refractivity contribution in [3.63, 3.8) is 0 Å². The largest absolute Gasteiger partial charge is 0.445 e. The molecular formula is C30H42N6O7. The Labute approximate surface area is 251 Å². The number of likely N-dealkylation sites (tertiary alicyclic amines) is 1. The van der Waals surface area contributed by atoms with Crippen molar-refractivity contribution in [2.24, 2.45) is 11.8 Å². The van der Waals surface area contributed by atoms with E-state index in [9.17, 15) is 24.3 Å². The maximum Gasteiger partial charge on any atom is 0.408 e.